The van der Waals surface area contributed by atoms with Crippen LogP contribution in [0.2, 0.25) is 0 Å². The molecule has 0 radical (unpaired) electrons. The van der Waals surface area contributed by atoms with Crippen LogP contribution in [-0.4, -0.2) is 29.3 Å². The van der Waals surface area contributed by atoms with Gasteiger partial charge in [-0.1, -0.05) is 17.3 Å². The Morgan fingerprint density at radius 3 is 2.93 bits per heavy atom. The molecule has 2 aliphatic carbocycles. The van der Waals surface area contributed by atoms with E-state index in [4.69, 9.17) is 14.0 Å². The normalized spacial score (nSPS) is 27.3. The molecule has 0 unspecified atom stereocenters. The molecule has 2 bridgehead atoms. The van der Waals surface area contributed by atoms with E-state index in [1.807, 2.05) is 23.1 Å². The molecule has 138 valence electrons. The van der Waals surface area contributed by atoms with Crippen LogP contribution in [0.15, 0.2) is 34.9 Å². The predicted molar refractivity (Wildman–Crippen MR) is 96.0 cm³/mol. The Hall–Kier alpha value is -2.76. The second-order valence-electron chi connectivity index (χ2n) is 7.90. The summed E-state index contributed by atoms with van der Waals surface area (Å²) in [5.41, 5.74) is 2.75. The van der Waals surface area contributed by atoms with Crippen molar-refractivity contribution in [2.75, 3.05) is 13.3 Å². The average Bonchev–Trinajstić information content (AvgIpc) is 3.49. The summed E-state index contributed by atoms with van der Waals surface area (Å²) in [7, 11) is 0. The minimum Gasteiger partial charge on any atom is -0.454 e. The van der Waals surface area contributed by atoms with Gasteiger partial charge in [-0.25, -0.2) is 0 Å². The number of amides is 1. The van der Waals surface area contributed by atoms with Gasteiger partial charge in [0, 0.05) is 30.0 Å². The fourth-order valence-electron chi connectivity index (χ4n) is 4.97. The van der Waals surface area contributed by atoms with E-state index in [0.717, 1.165) is 53.3 Å². The molecule has 27 heavy (non-hydrogen) atoms. The fraction of sp³-hybridized carbons (Fsp3) is 0.429. The second kappa shape index (κ2) is 5.62. The van der Waals surface area contributed by atoms with E-state index in [1.54, 1.807) is 0 Å². The molecule has 1 aromatic heterocycles. The molecule has 1 aromatic carbocycles. The Labute approximate surface area is 156 Å². The van der Waals surface area contributed by atoms with Gasteiger partial charge in [0.25, 0.3) is 0 Å². The third-order valence-electron chi connectivity index (χ3n) is 6.38. The predicted octanol–water partition coefficient (Wildman–Crippen LogP) is 3.17. The Balaban J connectivity index is 1.28. The number of carbonyl (C=O) groups excluding carboxylic acids is 1. The SMILES string of the molecule is O=C([C@@H]1C[C@H]2C=C[C@@H]1C2)N1CCc2onc(-c3ccc4c(c3)OCO4)c2C1. The molecule has 4 aliphatic rings. The summed E-state index contributed by atoms with van der Waals surface area (Å²) in [5.74, 6) is 3.83. The first-order chi connectivity index (χ1) is 13.3. The van der Waals surface area contributed by atoms with Crippen LogP contribution in [0.5, 0.6) is 11.5 Å². The minimum atomic E-state index is 0.149. The van der Waals surface area contributed by atoms with Crippen molar-refractivity contribution in [3.8, 4) is 22.8 Å². The summed E-state index contributed by atoms with van der Waals surface area (Å²) >= 11 is 0. The van der Waals surface area contributed by atoms with E-state index in [0.29, 0.717) is 24.9 Å². The minimum absolute atomic E-state index is 0.149. The summed E-state index contributed by atoms with van der Waals surface area (Å²) in [5, 5.41) is 4.30. The van der Waals surface area contributed by atoms with Crippen LogP contribution in [0.4, 0.5) is 0 Å². The highest BCUT2D eigenvalue weighted by atomic mass is 16.7. The zero-order valence-electron chi connectivity index (χ0n) is 14.9. The van der Waals surface area contributed by atoms with E-state index in [9.17, 15) is 4.79 Å². The van der Waals surface area contributed by atoms with Crippen LogP contribution in [0.3, 0.4) is 0 Å². The number of carbonyl (C=O) groups is 1. The molecule has 6 heteroatoms. The van der Waals surface area contributed by atoms with Crippen molar-refractivity contribution in [3.63, 3.8) is 0 Å². The van der Waals surface area contributed by atoms with Crippen molar-refractivity contribution in [3.05, 3.63) is 41.7 Å². The number of hydrogen-bond donors (Lipinski definition) is 0. The summed E-state index contributed by atoms with van der Waals surface area (Å²) < 4.78 is 16.5. The lowest BCUT2D eigenvalue weighted by atomic mass is 9.91. The first-order valence-corrected chi connectivity index (χ1v) is 9.61. The molecular weight excluding hydrogens is 344 g/mol. The van der Waals surface area contributed by atoms with E-state index in [-0.39, 0.29) is 18.6 Å². The number of aromatic nitrogens is 1. The zero-order chi connectivity index (χ0) is 18.0. The van der Waals surface area contributed by atoms with Gasteiger partial charge in [-0.2, -0.15) is 0 Å². The summed E-state index contributed by atoms with van der Waals surface area (Å²) in [6, 6.07) is 5.79. The van der Waals surface area contributed by atoms with Gasteiger partial charge in [0.1, 0.15) is 11.5 Å². The molecule has 1 saturated carbocycles. The number of allylic oxidation sites excluding steroid dienone is 2. The van der Waals surface area contributed by atoms with Crippen LogP contribution in [0, 0.1) is 17.8 Å². The first kappa shape index (κ1) is 15.3. The van der Waals surface area contributed by atoms with E-state index in [1.165, 1.54) is 0 Å². The van der Waals surface area contributed by atoms with Gasteiger partial charge in [-0.15, -0.1) is 0 Å². The Bertz CT molecular complexity index is 963. The van der Waals surface area contributed by atoms with Gasteiger partial charge >= 0.3 is 0 Å². The standard InChI is InChI=1S/C21H20N2O4/c24-21(15-8-12-1-2-13(15)7-12)23-6-5-17-16(10-23)20(22-27-17)14-3-4-18-19(9-14)26-11-25-18/h1-4,9,12-13,15H,5-8,10-11H2/t12-,13+,15+/m0/s1. The van der Waals surface area contributed by atoms with Crippen molar-refractivity contribution in [2.45, 2.75) is 25.8 Å². The molecule has 6 rings (SSSR count). The average molecular weight is 364 g/mol. The first-order valence-electron chi connectivity index (χ1n) is 9.61. The van der Waals surface area contributed by atoms with Crippen LogP contribution in [0.1, 0.15) is 24.2 Å². The number of rotatable bonds is 2. The number of fused-ring (bicyclic) bond motifs is 4. The number of nitrogens with zero attached hydrogens (tertiary/aromatic N) is 2. The van der Waals surface area contributed by atoms with E-state index >= 15 is 0 Å². The molecule has 6 nitrogen and oxygen atoms in total. The maximum Gasteiger partial charge on any atom is 0.231 e. The van der Waals surface area contributed by atoms with Gasteiger partial charge < -0.3 is 18.9 Å². The molecule has 0 N–H and O–H groups in total. The lowest BCUT2D eigenvalue weighted by molar-refractivity contribution is -0.137. The maximum absolute atomic E-state index is 13.1. The van der Waals surface area contributed by atoms with Crippen LogP contribution < -0.4 is 9.47 Å². The van der Waals surface area contributed by atoms with Gasteiger partial charge in [-0.3, -0.25) is 4.79 Å². The smallest absolute Gasteiger partial charge is 0.231 e. The van der Waals surface area contributed by atoms with Crippen molar-refractivity contribution >= 4 is 5.91 Å². The van der Waals surface area contributed by atoms with Crippen molar-refractivity contribution in [1.29, 1.82) is 0 Å². The van der Waals surface area contributed by atoms with Crippen molar-refractivity contribution in [1.82, 2.24) is 10.1 Å². The number of hydrogen-bond acceptors (Lipinski definition) is 5. The largest absolute Gasteiger partial charge is 0.454 e. The summed E-state index contributed by atoms with van der Waals surface area (Å²) in [6.45, 7) is 1.52. The monoisotopic (exact) mass is 364 g/mol. The van der Waals surface area contributed by atoms with E-state index in [2.05, 4.69) is 17.3 Å². The van der Waals surface area contributed by atoms with Crippen LogP contribution in [-0.2, 0) is 17.8 Å². The highest BCUT2D eigenvalue weighted by Crippen LogP contribution is 2.45. The van der Waals surface area contributed by atoms with Crippen LogP contribution >= 0.6 is 0 Å². The second-order valence-corrected chi connectivity index (χ2v) is 7.90. The molecule has 0 saturated heterocycles. The maximum atomic E-state index is 13.1. The summed E-state index contributed by atoms with van der Waals surface area (Å²) in [4.78, 5) is 15.1. The van der Waals surface area contributed by atoms with Crippen molar-refractivity contribution in [2.24, 2.45) is 17.8 Å². The van der Waals surface area contributed by atoms with Gasteiger partial charge in [0.05, 0.1) is 6.54 Å². The number of benzene rings is 1. The highest BCUT2D eigenvalue weighted by molar-refractivity contribution is 5.81. The zero-order valence-corrected chi connectivity index (χ0v) is 14.9. The third-order valence-corrected chi connectivity index (χ3v) is 6.38. The lowest BCUT2D eigenvalue weighted by Crippen LogP contribution is -2.40. The lowest BCUT2D eigenvalue weighted by Gasteiger charge is -2.30. The van der Waals surface area contributed by atoms with E-state index < -0.39 is 0 Å². The Morgan fingerprint density at radius 1 is 1.15 bits per heavy atom. The Morgan fingerprint density at radius 2 is 2.07 bits per heavy atom. The van der Waals surface area contributed by atoms with Gasteiger partial charge in [0.2, 0.25) is 12.7 Å². The summed E-state index contributed by atoms with van der Waals surface area (Å²) in [6.07, 6.45) is 7.38. The Kier molecular flexibility index (Phi) is 3.19. The molecule has 3 heterocycles. The van der Waals surface area contributed by atoms with Gasteiger partial charge in [-0.05, 0) is 42.9 Å². The fourth-order valence-corrected chi connectivity index (χ4v) is 4.97. The van der Waals surface area contributed by atoms with Gasteiger partial charge in [0.15, 0.2) is 11.5 Å². The molecule has 2 aliphatic heterocycles. The third kappa shape index (κ3) is 2.32. The molecule has 1 amide bonds. The number of ether oxygens (including phenoxy) is 2. The molecule has 3 atom stereocenters. The molecule has 0 spiro atoms. The topological polar surface area (TPSA) is 64.8 Å². The van der Waals surface area contributed by atoms with Crippen LogP contribution in [0.25, 0.3) is 11.3 Å². The highest BCUT2D eigenvalue weighted by Gasteiger charge is 2.42. The molecular formula is C21H20N2O4. The quantitative estimate of drug-likeness (QED) is 0.766. The van der Waals surface area contributed by atoms with Crippen molar-refractivity contribution < 1.29 is 18.8 Å². The molecule has 2 aromatic rings. The molecule has 1 fully saturated rings.